The van der Waals surface area contributed by atoms with Gasteiger partial charge in [-0.3, -0.25) is 4.79 Å². The second-order valence-corrected chi connectivity index (χ2v) is 5.05. The summed E-state index contributed by atoms with van der Waals surface area (Å²) in [5.74, 6) is 1.48. The lowest BCUT2D eigenvalue weighted by atomic mass is 9.97. The van der Waals surface area contributed by atoms with Gasteiger partial charge in [-0.1, -0.05) is 24.3 Å². The van der Waals surface area contributed by atoms with E-state index in [9.17, 15) is 4.79 Å². The van der Waals surface area contributed by atoms with E-state index in [-0.39, 0.29) is 5.91 Å². The number of carbonyl (C=O) groups excluding carboxylic acids is 1. The lowest BCUT2D eigenvalue weighted by molar-refractivity contribution is -0.117. The van der Waals surface area contributed by atoms with Crippen molar-refractivity contribution in [3.63, 3.8) is 0 Å². The van der Waals surface area contributed by atoms with Gasteiger partial charge in [-0.05, 0) is 29.8 Å². The number of ether oxygens (including phenoxy) is 2. The Labute approximate surface area is 129 Å². The average Bonchev–Trinajstić information content (AvgIpc) is 2.55. The Balaban J connectivity index is 2.11. The summed E-state index contributed by atoms with van der Waals surface area (Å²) in [6.07, 6.45) is 0. The number of rotatable bonds is 3. The quantitative estimate of drug-likeness (QED) is 0.946. The molecule has 1 N–H and O–H groups in total. The number of para-hydroxylation sites is 1. The third-order valence-electron chi connectivity index (χ3n) is 3.57. The molecule has 0 aromatic heterocycles. The van der Waals surface area contributed by atoms with Gasteiger partial charge in [0.2, 0.25) is 5.91 Å². The molecule has 2 aromatic carbocycles. The highest BCUT2D eigenvalue weighted by atomic mass is 16.5. The normalized spacial score (nSPS) is 13.2. The van der Waals surface area contributed by atoms with E-state index < -0.39 is 0 Å². The van der Waals surface area contributed by atoms with E-state index in [4.69, 9.17) is 9.47 Å². The van der Waals surface area contributed by atoms with Gasteiger partial charge in [-0.15, -0.1) is 0 Å². The van der Waals surface area contributed by atoms with Crippen LogP contribution >= 0.6 is 0 Å². The first-order chi connectivity index (χ1) is 10.7. The predicted molar refractivity (Wildman–Crippen MR) is 85.6 cm³/mol. The van der Waals surface area contributed by atoms with Gasteiger partial charge in [0, 0.05) is 18.1 Å². The minimum Gasteiger partial charge on any atom is -0.497 e. The number of methoxy groups -OCH3 is 1. The van der Waals surface area contributed by atoms with Crippen molar-refractivity contribution in [3.05, 3.63) is 59.7 Å². The van der Waals surface area contributed by atoms with E-state index in [0.717, 1.165) is 33.9 Å². The van der Waals surface area contributed by atoms with Crippen molar-refractivity contribution in [1.29, 1.82) is 0 Å². The van der Waals surface area contributed by atoms with Crippen molar-refractivity contribution in [1.82, 2.24) is 5.32 Å². The minimum absolute atomic E-state index is 0.0993. The van der Waals surface area contributed by atoms with Crippen LogP contribution in [0.15, 0.2) is 48.5 Å². The Kier molecular flexibility index (Phi) is 3.83. The molecule has 4 heteroatoms. The molecular weight excluding hydrogens is 278 g/mol. The number of hydrogen-bond acceptors (Lipinski definition) is 3. The number of carbonyl (C=O) groups is 1. The van der Waals surface area contributed by atoms with Gasteiger partial charge in [0.05, 0.1) is 12.8 Å². The second kappa shape index (κ2) is 5.93. The van der Waals surface area contributed by atoms with Gasteiger partial charge in [0.1, 0.15) is 18.1 Å². The van der Waals surface area contributed by atoms with Crippen LogP contribution in [0, 0.1) is 0 Å². The number of hydrogen-bond donors (Lipinski definition) is 1. The topological polar surface area (TPSA) is 47.6 Å². The molecule has 3 rings (SSSR count). The Morgan fingerprint density at radius 2 is 1.86 bits per heavy atom. The van der Waals surface area contributed by atoms with Gasteiger partial charge in [0.25, 0.3) is 0 Å². The highest BCUT2D eigenvalue weighted by molar-refractivity contribution is 5.99. The average molecular weight is 295 g/mol. The zero-order valence-corrected chi connectivity index (χ0v) is 12.6. The smallest absolute Gasteiger partial charge is 0.221 e. The maximum Gasteiger partial charge on any atom is 0.221 e. The van der Waals surface area contributed by atoms with Crippen LogP contribution in [0.25, 0.3) is 11.3 Å². The molecule has 1 amide bonds. The fourth-order valence-corrected chi connectivity index (χ4v) is 2.52. The molecule has 0 radical (unpaired) electrons. The van der Waals surface area contributed by atoms with E-state index in [0.29, 0.717) is 6.61 Å². The first kappa shape index (κ1) is 14.2. The van der Waals surface area contributed by atoms with E-state index in [1.54, 1.807) is 7.11 Å². The lowest BCUT2D eigenvalue weighted by Crippen LogP contribution is -2.24. The van der Waals surface area contributed by atoms with Crippen molar-refractivity contribution in [2.24, 2.45) is 0 Å². The molecule has 0 saturated carbocycles. The molecule has 1 heterocycles. The number of nitrogens with one attached hydrogen (secondary N) is 1. The maximum atomic E-state index is 11.6. The highest BCUT2D eigenvalue weighted by Crippen LogP contribution is 2.35. The van der Waals surface area contributed by atoms with Crippen LogP contribution in [0.3, 0.4) is 0 Å². The Bertz CT molecular complexity index is 732. The van der Waals surface area contributed by atoms with Gasteiger partial charge in [-0.25, -0.2) is 0 Å². The van der Waals surface area contributed by atoms with Crippen LogP contribution in [0.5, 0.6) is 11.5 Å². The Morgan fingerprint density at radius 1 is 1.14 bits per heavy atom. The fraction of sp³-hybridized carbons (Fsp3) is 0.167. The molecule has 1 aliphatic heterocycles. The number of benzene rings is 2. The molecule has 0 bridgehead atoms. The summed E-state index contributed by atoms with van der Waals surface area (Å²) < 4.78 is 11.0. The van der Waals surface area contributed by atoms with Gasteiger partial charge < -0.3 is 14.8 Å². The molecule has 1 aliphatic rings. The monoisotopic (exact) mass is 295 g/mol. The molecule has 0 atom stereocenters. The second-order valence-electron chi connectivity index (χ2n) is 5.05. The Hall–Kier alpha value is -2.75. The van der Waals surface area contributed by atoms with Crippen molar-refractivity contribution in [2.75, 3.05) is 13.7 Å². The summed E-state index contributed by atoms with van der Waals surface area (Å²) >= 11 is 0. The molecule has 4 nitrogen and oxygen atoms in total. The van der Waals surface area contributed by atoms with Crippen molar-refractivity contribution in [3.8, 4) is 11.5 Å². The molecule has 0 aliphatic carbocycles. The van der Waals surface area contributed by atoms with Crippen LogP contribution in [0.2, 0.25) is 0 Å². The van der Waals surface area contributed by atoms with Crippen LogP contribution < -0.4 is 14.8 Å². The van der Waals surface area contributed by atoms with Crippen LogP contribution in [-0.2, 0) is 4.79 Å². The summed E-state index contributed by atoms with van der Waals surface area (Å²) in [5.41, 5.74) is 3.66. The maximum absolute atomic E-state index is 11.6. The Morgan fingerprint density at radius 3 is 2.55 bits per heavy atom. The zero-order valence-electron chi connectivity index (χ0n) is 12.6. The standard InChI is InChI=1S/C18H17NO3/c1-12(20)19-18-15-5-3-4-6-17(15)22-11-16(18)13-7-9-14(21-2)10-8-13/h3-10H,11H2,1-2H3,(H,19,20). The summed E-state index contributed by atoms with van der Waals surface area (Å²) in [6.45, 7) is 1.93. The fourth-order valence-electron chi connectivity index (χ4n) is 2.52. The number of fused-ring (bicyclic) bond motifs is 1. The first-order valence-corrected chi connectivity index (χ1v) is 7.06. The molecule has 2 aromatic rings. The van der Waals surface area contributed by atoms with Crippen molar-refractivity contribution < 1.29 is 14.3 Å². The van der Waals surface area contributed by atoms with E-state index >= 15 is 0 Å². The van der Waals surface area contributed by atoms with Gasteiger partial charge in [0.15, 0.2) is 0 Å². The molecule has 0 spiro atoms. The highest BCUT2D eigenvalue weighted by Gasteiger charge is 2.21. The van der Waals surface area contributed by atoms with E-state index in [1.165, 1.54) is 6.92 Å². The first-order valence-electron chi connectivity index (χ1n) is 7.06. The molecule has 0 saturated heterocycles. The summed E-state index contributed by atoms with van der Waals surface area (Å²) in [6, 6.07) is 15.4. The molecule has 22 heavy (non-hydrogen) atoms. The van der Waals surface area contributed by atoms with Crippen molar-refractivity contribution >= 4 is 17.2 Å². The van der Waals surface area contributed by atoms with Crippen LogP contribution in [-0.4, -0.2) is 19.6 Å². The summed E-state index contributed by atoms with van der Waals surface area (Å²) in [5, 5.41) is 2.94. The van der Waals surface area contributed by atoms with E-state index in [2.05, 4.69) is 5.32 Å². The summed E-state index contributed by atoms with van der Waals surface area (Å²) in [7, 11) is 1.64. The van der Waals surface area contributed by atoms with Crippen LogP contribution in [0.1, 0.15) is 18.1 Å². The van der Waals surface area contributed by atoms with Gasteiger partial charge >= 0.3 is 0 Å². The SMILES string of the molecule is COc1ccc(C2=C(NC(C)=O)c3ccccc3OC2)cc1. The predicted octanol–water partition coefficient (Wildman–Crippen LogP) is 3.09. The zero-order chi connectivity index (χ0) is 15.5. The third-order valence-corrected chi connectivity index (χ3v) is 3.57. The largest absolute Gasteiger partial charge is 0.497 e. The molecule has 0 fully saturated rings. The molecule has 112 valence electrons. The lowest BCUT2D eigenvalue weighted by Gasteiger charge is -2.24. The summed E-state index contributed by atoms with van der Waals surface area (Å²) in [4.78, 5) is 11.6. The number of amides is 1. The van der Waals surface area contributed by atoms with Crippen LogP contribution in [0.4, 0.5) is 0 Å². The van der Waals surface area contributed by atoms with Crippen molar-refractivity contribution in [2.45, 2.75) is 6.92 Å². The van der Waals surface area contributed by atoms with E-state index in [1.807, 2.05) is 48.5 Å². The molecular formula is C18H17NO3. The molecule has 0 unspecified atom stereocenters. The minimum atomic E-state index is -0.0993. The van der Waals surface area contributed by atoms with Gasteiger partial charge in [-0.2, -0.15) is 0 Å². The third kappa shape index (κ3) is 2.68.